The van der Waals surface area contributed by atoms with E-state index in [1.165, 1.54) is 177 Å². The summed E-state index contributed by atoms with van der Waals surface area (Å²) in [5.41, 5.74) is 0. The Bertz CT molecular complexity index is 1050. The molecule has 0 aliphatic rings. The molecule has 2 atom stereocenters. The quantitative estimate of drug-likeness (QED) is 0.0438. The average molecular weight is 740 g/mol. The second-order valence-corrected chi connectivity index (χ2v) is 17.5. The number of Topliss-reactive ketones (excluding diaryl/α,β-unsaturated/α-hetero) is 2. The number of rotatable bonds is 31. The fourth-order valence-corrected chi connectivity index (χ4v) is 9.85. The largest absolute Gasteiger partial charge is 0.284 e. The van der Waals surface area contributed by atoms with E-state index in [9.17, 15) is 9.59 Å². The molecule has 0 amide bonds. The van der Waals surface area contributed by atoms with Crippen LogP contribution in [0.25, 0.3) is 0 Å². The van der Waals surface area contributed by atoms with Gasteiger partial charge in [-0.1, -0.05) is 205 Å². The number of carbonyl (C=O) groups is 2. The zero-order valence-electron chi connectivity index (χ0n) is 31.1. The Balaban J connectivity index is 2.05. The van der Waals surface area contributed by atoms with Crippen LogP contribution >= 0.6 is 45.9 Å². The Morgan fingerprint density at radius 2 is 0.750 bits per heavy atom. The first-order chi connectivity index (χ1) is 23.3. The average Bonchev–Trinajstić information content (AvgIpc) is 3.64. The molecule has 0 saturated heterocycles. The molecule has 0 bridgehead atoms. The van der Waals surface area contributed by atoms with E-state index in [-0.39, 0.29) is 0 Å². The molecule has 0 N–H and O–H groups in total. The van der Waals surface area contributed by atoms with E-state index in [2.05, 4.69) is 27.7 Å². The summed E-state index contributed by atoms with van der Waals surface area (Å²) in [6.45, 7) is 9.04. The van der Waals surface area contributed by atoms with E-state index in [1.807, 2.05) is 0 Å². The van der Waals surface area contributed by atoms with Crippen molar-refractivity contribution in [1.82, 2.24) is 0 Å². The number of ketones is 2. The summed E-state index contributed by atoms with van der Waals surface area (Å²) < 4.78 is 0. The summed E-state index contributed by atoms with van der Waals surface area (Å²) in [7, 11) is 0. The van der Waals surface area contributed by atoms with Crippen molar-refractivity contribution >= 4 is 57.4 Å². The third kappa shape index (κ3) is 17.5. The molecule has 0 fully saturated rings. The standard InChI is InChI=1S/C42H68Cl2O2S2/c1-5-9-13-17-19-23-27-33(25-21-15-11-7-3)29-37-35(43)31-39(47-37)41(45)42(46)40-32-36(44)38(48-40)30-34(26-22-16-12-8-4)28-24-20-18-14-10-6-2/h31-34H,5-30H2,1-4H3. The molecule has 0 aliphatic carbocycles. The minimum absolute atomic E-state index is 0.448. The van der Waals surface area contributed by atoms with E-state index in [4.69, 9.17) is 23.2 Å². The second-order valence-electron chi connectivity index (χ2n) is 14.4. The van der Waals surface area contributed by atoms with Crippen molar-refractivity contribution in [3.63, 3.8) is 0 Å². The lowest BCUT2D eigenvalue weighted by Crippen LogP contribution is -2.11. The van der Waals surface area contributed by atoms with Gasteiger partial charge in [0.05, 0.1) is 19.8 Å². The van der Waals surface area contributed by atoms with Crippen molar-refractivity contribution in [2.45, 2.75) is 195 Å². The van der Waals surface area contributed by atoms with E-state index >= 15 is 0 Å². The maximum absolute atomic E-state index is 13.5. The lowest BCUT2D eigenvalue weighted by atomic mass is 9.91. The van der Waals surface area contributed by atoms with Crippen molar-refractivity contribution in [2.24, 2.45) is 11.8 Å². The molecule has 0 aromatic carbocycles. The minimum atomic E-state index is -0.448. The summed E-state index contributed by atoms with van der Waals surface area (Å²) in [5, 5.41) is 1.28. The van der Waals surface area contributed by atoms with E-state index < -0.39 is 11.6 Å². The van der Waals surface area contributed by atoms with E-state index in [1.54, 1.807) is 12.1 Å². The van der Waals surface area contributed by atoms with E-state index in [0.717, 1.165) is 22.6 Å². The molecule has 2 nitrogen and oxygen atoms in total. The van der Waals surface area contributed by atoms with Crippen LogP contribution in [0.5, 0.6) is 0 Å². The molecule has 2 aromatic rings. The predicted octanol–water partition coefficient (Wildman–Crippen LogP) is 15.9. The molecular weight excluding hydrogens is 672 g/mol. The number of halogens is 2. The molecule has 0 spiro atoms. The molecule has 48 heavy (non-hydrogen) atoms. The number of hydrogen-bond acceptors (Lipinski definition) is 4. The molecule has 274 valence electrons. The van der Waals surface area contributed by atoms with Gasteiger partial charge in [0.15, 0.2) is 0 Å². The highest BCUT2D eigenvalue weighted by molar-refractivity contribution is 7.18. The second kappa shape index (κ2) is 27.0. The summed E-state index contributed by atoms with van der Waals surface area (Å²) in [4.78, 5) is 30.0. The van der Waals surface area contributed by atoms with Crippen LogP contribution in [-0.4, -0.2) is 11.6 Å². The van der Waals surface area contributed by atoms with Crippen molar-refractivity contribution in [2.75, 3.05) is 0 Å². The molecule has 2 aromatic heterocycles. The van der Waals surface area contributed by atoms with Gasteiger partial charge in [-0.15, -0.1) is 22.7 Å². The van der Waals surface area contributed by atoms with Crippen LogP contribution in [0.1, 0.15) is 211 Å². The van der Waals surface area contributed by atoms with Crippen molar-refractivity contribution in [1.29, 1.82) is 0 Å². The van der Waals surface area contributed by atoms with Gasteiger partial charge in [-0.2, -0.15) is 0 Å². The lowest BCUT2D eigenvalue weighted by molar-refractivity contribution is 0.0821. The predicted molar refractivity (Wildman–Crippen MR) is 215 cm³/mol. The molecular formula is C42H68Cl2O2S2. The summed E-state index contributed by atoms with van der Waals surface area (Å²) in [6, 6.07) is 3.48. The SMILES string of the molecule is CCCCCCCCC(CCCCCC)Cc1sc(C(=O)C(=O)c2cc(Cl)c(CC(CCCCCC)CCCCCCCC)s2)cc1Cl. The highest BCUT2D eigenvalue weighted by Crippen LogP contribution is 2.36. The van der Waals surface area contributed by atoms with Crippen LogP contribution in [0.15, 0.2) is 12.1 Å². The summed E-state index contributed by atoms with van der Waals surface area (Å²) in [6.07, 6.45) is 32.4. The van der Waals surface area contributed by atoms with Crippen LogP contribution in [0.3, 0.4) is 0 Å². The van der Waals surface area contributed by atoms with Crippen molar-refractivity contribution in [3.05, 3.63) is 41.7 Å². The summed E-state index contributed by atoms with van der Waals surface area (Å²) >= 11 is 16.3. The molecule has 2 unspecified atom stereocenters. The minimum Gasteiger partial charge on any atom is -0.284 e. The summed E-state index contributed by atoms with van der Waals surface area (Å²) in [5.74, 6) is 0.257. The maximum atomic E-state index is 13.5. The zero-order chi connectivity index (χ0) is 35.0. The molecule has 6 heteroatoms. The van der Waals surface area contributed by atoms with Crippen LogP contribution in [0.4, 0.5) is 0 Å². The van der Waals surface area contributed by atoms with Crippen molar-refractivity contribution in [3.8, 4) is 0 Å². The highest BCUT2D eigenvalue weighted by Gasteiger charge is 2.26. The maximum Gasteiger partial charge on any atom is 0.244 e. The van der Waals surface area contributed by atoms with Crippen LogP contribution < -0.4 is 0 Å². The number of unbranched alkanes of at least 4 members (excludes halogenated alkanes) is 16. The van der Waals surface area contributed by atoms with Crippen LogP contribution in [0.2, 0.25) is 10.0 Å². The van der Waals surface area contributed by atoms with Crippen LogP contribution in [-0.2, 0) is 12.8 Å². The number of thiophene rings is 2. The van der Waals surface area contributed by atoms with E-state index in [0.29, 0.717) is 31.6 Å². The van der Waals surface area contributed by atoms with Crippen LogP contribution in [0, 0.1) is 11.8 Å². The number of hydrogen-bond donors (Lipinski definition) is 0. The topological polar surface area (TPSA) is 34.1 Å². The van der Waals surface area contributed by atoms with Gasteiger partial charge in [0.1, 0.15) is 0 Å². The molecule has 0 saturated carbocycles. The van der Waals surface area contributed by atoms with Gasteiger partial charge in [0.25, 0.3) is 0 Å². The Hall–Kier alpha value is -0.680. The molecule has 0 radical (unpaired) electrons. The van der Waals surface area contributed by atoms with Crippen molar-refractivity contribution < 1.29 is 9.59 Å². The van der Waals surface area contributed by atoms with Gasteiger partial charge in [-0.3, -0.25) is 9.59 Å². The van der Waals surface area contributed by atoms with Gasteiger partial charge in [0.2, 0.25) is 11.6 Å². The molecule has 2 heterocycles. The lowest BCUT2D eigenvalue weighted by Gasteiger charge is -2.16. The third-order valence-electron chi connectivity index (χ3n) is 9.98. The zero-order valence-corrected chi connectivity index (χ0v) is 34.2. The molecule has 0 aliphatic heterocycles. The normalized spacial score (nSPS) is 12.9. The first-order valence-corrected chi connectivity index (χ1v) is 22.4. The Morgan fingerprint density at radius 3 is 1.06 bits per heavy atom. The Morgan fingerprint density at radius 1 is 0.479 bits per heavy atom. The van der Waals surface area contributed by atoms with Gasteiger partial charge in [-0.05, 0) is 36.8 Å². The monoisotopic (exact) mass is 738 g/mol. The number of carbonyl (C=O) groups excluding carboxylic acids is 2. The fourth-order valence-electron chi connectivity index (χ4n) is 6.91. The smallest absolute Gasteiger partial charge is 0.244 e. The fraction of sp³-hybridized carbons (Fsp3) is 0.762. The Kier molecular flexibility index (Phi) is 24.5. The Labute approximate surface area is 313 Å². The first-order valence-electron chi connectivity index (χ1n) is 20.0. The van der Waals surface area contributed by atoms with Gasteiger partial charge in [-0.25, -0.2) is 0 Å². The third-order valence-corrected chi connectivity index (χ3v) is 13.2. The van der Waals surface area contributed by atoms with Gasteiger partial charge >= 0.3 is 0 Å². The first kappa shape index (κ1) is 43.5. The van der Waals surface area contributed by atoms with Gasteiger partial charge in [0, 0.05) is 9.75 Å². The molecule has 2 rings (SSSR count). The highest BCUT2D eigenvalue weighted by atomic mass is 35.5. The van der Waals surface area contributed by atoms with Gasteiger partial charge < -0.3 is 0 Å².